The zero-order valence-electron chi connectivity index (χ0n) is 8.39. The van der Waals surface area contributed by atoms with E-state index in [2.05, 4.69) is 5.32 Å². The van der Waals surface area contributed by atoms with Gasteiger partial charge in [0.15, 0.2) is 5.78 Å². The van der Waals surface area contributed by atoms with Crippen molar-refractivity contribution < 1.29 is 15.0 Å². The Morgan fingerprint density at radius 2 is 2.00 bits per heavy atom. The highest BCUT2D eigenvalue weighted by Crippen LogP contribution is 1.96. The number of rotatable bonds is 6. The van der Waals surface area contributed by atoms with Crippen molar-refractivity contribution in [3.05, 3.63) is 35.9 Å². The number of hydrogen-bond acceptors (Lipinski definition) is 4. The van der Waals surface area contributed by atoms with Gasteiger partial charge >= 0.3 is 0 Å². The lowest BCUT2D eigenvalue weighted by molar-refractivity contribution is -0.128. The van der Waals surface area contributed by atoms with Crippen LogP contribution in [0.5, 0.6) is 0 Å². The average molecular weight is 209 g/mol. The van der Waals surface area contributed by atoms with Crippen LogP contribution in [0, 0.1) is 0 Å². The highest BCUT2D eigenvalue weighted by Gasteiger charge is 2.12. The Hall–Kier alpha value is -1.23. The first-order valence-corrected chi connectivity index (χ1v) is 4.80. The van der Waals surface area contributed by atoms with Crippen LogP contribution in [-0.2, 0) is 11.3 Å². The third-order valence-electron chi connectivity index (χ3n) is 2.02. The molecule has 1 rings (SSSR count). The minimum absolute atomic E-state index is 0.0661. The molecule has 0 spiro atoms. The largest absolute Gasteiger partial charge is 0.393 e. The third kappa shape index (κ3) is 4.20. The third-order valence-corrected chi connectivity index (χ3v) is 2.02. The summed E-state index contributed by atoms with van der Waals surface area (Å²) in [6.07, 6.45) is -1.27. The van der Waals surface area contributed by atoms with Gasteiger partial charge in [-0.3, -0.25) is 4.79 Å². The molecule has 82 valence electrons. The number of benzene rings is 1. The lowest BCUT2D eigenvalue weighted by atomic mass is 10.2. The molecule has 1 atom stereocenters. The summed E-state index contributed by atoms with van der Waals surface area (Å²) in [5.74, 6) is -0.395. The van der Waals surface area contributed by atoms with Crippen molar-refractivity contribution in [1.82, 2.24) is 5.32 Å². The molecule has 0 aromatic heterocycles. The quantitative estimate of drug-likeness (QED) is 0.601. The topological polar surface area (TPSA) is 69.6 Å². The number of nitrogens with one attached hydrogen (secondary N) is 1. The number of Topliss-reactive ketones (excluding diaryl/α,β-unsaturated/α-hetero) is 1. The minimum Gasteiger partial charge on any atom is -0.393 e. The number of carbonyl (C=O) groups is 1. The Morgan fingerprint density at radius 1 is 1.33 bits per heavy atom. The molecule has 1 aromatic rings. The van der Waals surface area contributed by atoms with E-state index in [-0.39, 0.29) is 6.54 Å². The molecule has 1 unspecified atom stereocenters. The van der Waals surface area contributed by atoms with Gasteiger partial charge in [0.2, 0.25) is 0 Å². The summed E-state index contributed by atoms with van der Waals surface area (Å²) >= 11 is 0. The summed E-state index contributed by atoms with van der Waals surface area (Å²) in [6, 6.07) is 9.65. The Labute approximate surface area is 88.6 Å². The van der Waals surface area contributed by atoms with E-state index < -0.39 is 18.5 Å². The van der Waals surface area contributed by atoms with E-state index in [0.29, 0.717) is 6.54 Å². The minimum atomic E-state index is -1.27. The molecule has 15 heavy (non-hydrogen) atoms. The monoisotopic (exact) mass is 209 g/mol. The van der Waals surface area contributed by atoms with Gasteiger partial charge in [-0.2, -0.15) is 0 Å². The van der Waals surface area contributed by atoms with Crippen molar-refractivity contribution >= 4 is 5.78 Å². The fourth-order valence-corrected chi connectivity index (χ4v) is 1.15. The van der Waals surface area contributed by atoms with Crippen LogP contribution in [0.25, 0.3) is 0 Å². The predicted molar refractivity (Wildman–Crippen MR) is 56.2 cm³/mol. The van der Waals surface area contributed by atoms with E-state index in [4.69, 9.17) is 10.2 Å². The molecule has 0 saturated heterocycles. The highest BCUT2D eigenvalue weighted by atomic mass is 16.3. The molecule has 4 heteroatoms. The van der Waals surface area contributed by atoms with Crippen molar-refractivity contribution in [2.45, 2.75) is 12.6 Å². The van der Waals surface area contributed by atoms with E-state index in [9.17, 15) is 4.79 Å². The summed E-state index contributed by atoms with van der Waals surface area (Å²) in [5, 5.41) is 20.4. The number of ketones is 1. The van der Waals surface area contributed by atoms with Gasteiger partial charge in [0.25, 0.3) is 0 Å². The smallest absolute Gasteiger partial charge is 0.177 e. The van der Waals surface area contributed by atoms with Crippen molar-refractivity contribution in [3.8, 4) is 0 Å². The lowest BCUT2D eigenvalue weighted by Gasteiger charge is -2.07. The molecule has 0 saturated carbocycles. The number of hydrogen-bond donors (Lipinski definition) is 3. The molecule has 0 aliphatic carbocycles. The molecule has 0 bridgehead atoms. The maximum Gasteiger partial charge on any atom is 0.177 e. The summed E-state index contributed by atoms with van der Waals surface area (Å²) in [4.78, 5) is 11.1. The summed E-state index contributed by atoms with van der Waals surface area (Å²) in [7, 11) is 0. The molecule has 0 heterocycles. The normalized spacial score (nSPS) is 12.4. The van der Waals surface area contributed by atoms with Gasteiger partial charge in [0.05, 0.1) is 13.2 Å². The molecule has 1 aromatic carbocycles. The Morgan fingerprint density at radius 3 is 2.60 bits per heavy atom. The fraction of sp³-hybridized carbons (Fsp3) is 0.364. The second-order valence-corrected chi connectivity index (χ2v) is 3.25. The van der Waals surface area contributed by atoms with Crippen LogP contribution in [-0.4, -0.2) is 35.3 Å². The van der Waals surface area contributed by atoms with Gasteiger partial charge in [-0.05, 0) is 5.56 Å². The Balaban J connectivity index is 2.25. The average Bonchev–Trinajstić information content (AvgIpc) is 2.29. The maximum absolute atomic E-state index is 11.1. The Bertz CT molecular complexity index is 300. The van der Waals surface area contributed by atoms with Gasteiger partial charge in [-0.15, -0.1) is 0 Å². The van der Waals surface area contributed by atoms with Gasteiger partial charge in [0.1, 0.15) is 6.10 Å². The van der Waals surface area contributed by atoms with Crippen molar-refractivity contribution in [1.29, 1.82) is 0 Å². The fourth-order valence-electron chi connectivity index (χ4n) is 1.15. The van der Waals surface area contributed by atoms with Crippen LogP contribution in [0.1, 0.15) is 5.56 Å². The van der Waals surface area contributed by atoms with Crippen LogP contribution in [0.15, 0.2) is 30.3 Å². The molecule has 0 radical (unpaired) electrons. The molecule has 3 N–H and O–H groups in total. The first kappa shape index (κ1) is 11.8. The van der Waals surface area contributed by atoms with E-state index in [1.807, 2.05) is 30.3 Å². The number of aliphatic hydroxyl groups excluding tert-OH is 2. The standard InChI is InChI=1S/C11H15NO3/c13-8-11(15)10(14)7-12-6-9-4-2-1-3-5-9/h1-5,11-13,15H,6-8H2. The van der Waals surface area contributed by atoms with Crippen molar-refractivity contribution in [2.75, 3.05) is 13.2 Å². The van der Waals surface area contributed by atoms with E-state index in [0.717, 1.165) is 5.56 Å². The SMILES string of the molecule is O=C(CNCc1ccccc1)C(O)CO. The van der Waals surface area contributed by atoms with Crippen LogP contribution < -0.4 is 5.32 Å². The zero-order chi connectivity index (χ0) is 11.1. The summed E-state index contributed by atoms with van der Waals surface area (Å²) in [6.45, 7) is 0.118. The number of aliphatic hydroxyl groups is 2. The van der Waals surface area contributed by atoms with E-state index in [1.54, 1.807) is 0 Å². The Kier molecular flexibility index (Phi) is 4.97. The van der Waals surface area contributed by atoms with Crippen LogP contribution in [0.3, 0.4) is 0 Å². The van der Waals surface area contributed by atoms with Gasteiger partial charge < -0.3 is 15.5 Å². The van der Waals surface area contributed by atoms with Gasteiger partial charge in [-0.25, -0.2) is 0 Å². The summed E-state index contributed by atoms with van der Waals surface area (Å²) < 4.78 is 0. The molecule has 4 nitrogen and oxygen atoms in total. The van der Waals surface area contributed by atoms with Gasteiger partial charge in [-0.1, -0.05) is 30.3 Å². The van der Waals surface area contributed by atoms with Crippen LogP contribution >= 0.6 is 0 Å². The van der Waals surface area contributed by atoms with Gasteiger partial charge in [0, 0.05) is 6.54 Å². The molecule has 0 aliphatic heterocycles. The molecule has 0 aliphatic rings. The molecular formula is C11H15NO3. The molecule has 0 amide bonds. The second kappa shape index (κ2) is 6.29. The lowest BCUT2D eigenvalue weighted by Crippen LogP contribution is -2.33. The summed E-state index contributed by atoms with van der Waals surface area (Å²) in [5.41, 5.74) is 1.07. The van der Waals surface area contributed by atoms with Crippen LogP contribution in [0.2, 0.25) is 0 Å². The predicted octanol–water partition coefficient (Wildman–Crippen LogP) is -0.301. The van der Waals surface area contributed by atoms with E-state index >= 15 is 0 Å². The maximum atomic E-state index is 11.1. The zero-order valence-corrected chi connectivity index (χ0v) is 8.39. The van der Waals surface area contributed by atoms with E-state index in [1.165, 1.54) is 0 Å². The first-order chi connectivity index (χ1) is 7.24. The highest BCUT2D eigenvalue weighted by molar-refractivity contribution is 5.84. The van der Waals surface area contributed by atoms with Crippen molar-refractivity contribution in [2.24, 2.45) is 0 Å². The first-order valence-electron chi connectivity index (χ1n) is 4.80. The number of carbonyl (C=O) groups excluding carboxylic acids is 1. The molecule has 0 fully saturated rings. The molecular weight excluding hydrogens is 194 g/mol. The second-order valence-electron chi connectivity index (χ2n) is 3.25. The van der Waals surface area contributed by atoms with Crippen LogP contribution in [0.4, 0.5) is 0 Å². The van der Waals surface area contributed by atoms with Crippen molar-refractivity contribution in [3.63, 3.8) is 0 Å².